The van der Waals surface area contributed by atoms with Crippen LogP contribution >= 0.6 is 0 Å². The zero-order valence-electron chi connectivity index (χ0n) is 38.7. The lowest BCUT2D eigenvalue weighted by molar-refractivity contribution is 0.0122. The van der Waals surface area contributed by atoms with E-state index in [0.29, 0.717) is 87.4 Å². The van der Waals surface area contributed by atoms with Gasteiger partial charge in [-0.3, -0.25) is 14.8 Å². The van der Waals surface area contributed by atoms with Crippen molar-refractivity contribution >= 4 is 41.8 Å². The van der Waals surface area contributed by atoms with Gasteiger partial charge in [0.05, 0.1) is 28.7 Å². The highest BCUT2D eigenvalue weighted by molar-refractivity contribution is 6.90. The summed E-state index contributed by atoms with van der Waals surface area (Å²) >= 11 is 0. The van der Waals surface area contributed by atoms with Crippen molar-refractivity contribution in [3.63, 3.8) is 0 Å². The molecule has 0 radical (unpaired) electrons. The molecule has 4 aromatic rings. The van der Waals surface area contributed by atoms with Gasteiger partial charge < -0.3 is 23.8 Å². The molecule has 4 atom stereocenters. The molecule has 338 valence electrons. The van der Waals surface area contributed by atoms with Gasteiger partial charge in [0.25, 0.3) is 0 Å². The molecule has 8 rings (SSSR count). The fourth-order valence-electron chi connectivity index (χ4n) is 11.3. The quantitative estimate of drug-likeness (QED) is 0.0822. The van der Waals surface area contributed by atoms with E-state index in [1.807, 2.05) is 43.9 Å². The van der Waals surface area contributed by atoms with Crippen molar-refractivity contribution in [3.8, 4) is 34.4 Å². The first-order chi connectivity index (χ1) is 29.9. The second-order valence-electron chi connectivity index (χ2n) is 20.2. The van der Waals surface area contributed by atoms with Crippen molar-refractivity contribution in [1.29, 1.82) is 0 Å². The Morgan fingerprint density at radius 3 is 2.37 bits per heavy atom. The molecule has 4 fully saturated rings. The van der Waals surface area contributed by atoms with Gasteiger partial charge >= 0.3 is 12.1 Å². The van der Waals surface area contributed by atoms with Crippen LogP contribution in [-0.4, -0.2) is 115 Å². The number of methoxy groups -OCH3 is 1. The van der Waals surface area contributed by atoms with Gasteiger partial charge in [-0.1, -0.05) is 53.5 Å². The number of benzene rings is 2. The number of nitrogens with zero attached hydrogens (tertiary/aromatic N) is 6. The Hall–Kier alpha value is -4.58. The summed E-state index contributed by atoms with van der Waals surface area (Å²) in [5.74, 6) is 4.21. The summed E-state index contributed by atoms with van der Waals surface area (Å²) in [6.07, 6.45) is 4.53. The number of piperazine rings is 1. The number of anilines is 1. The molecular formula is C49H64F2N6O5Si. The molecule has 0 saturated carbocycles. The average Bonchev–Trinajstić information content (AvgIpc) is 3.84. The fourth-order valence-corrected chi connectivity index (χ4v) is 16.5. The van der Waals surface area contributed by atoms with Crippen molar-refractivity contribution < 1.29 is 32.5 Å². The van der Waals surface area contributed by atoms with E-state index in [-0.39, 0.29) is 37.6 Å². The Bertz CT molecular complexity index is 2400. The molecule has 0 spiro atoms. The molecule has 14 heteroatoms. The normalized spacial score (nSPS) is 22.7. The minimum Gasteiger partial charge on any atom is -0.468 e. The highest BCUT2D eigenvalue weighted by atomic mass is 28.3. The van der Waals surface area contributed by atoms with Crippen molar-refractivity contribution in [2.75, 3.05) is 51.6 Å². The molecule has 4 aliphatic heterocycles. The van der Waals surface area contributed by atoms with Gasteiger partial charge in [-0.2, -0.15) is 9.97 Å². The van der Waals surface area contributed by atoms with E-state index in [0.717, 1.165) is 37.6 Å². The number of pyridine rings is 1. The van der Waals surface area contributed by atoms with E-state index < -0.39 is 31.2 Å². The van der Waals surface area contributed by atoms with Gasteiger partial charge in [0.2, 0.25) is 0 Å². The lowest BCUT2D eigenvalue weighted by Crippen LogP contribution is -2.57. The number of fused-ring (bicyclic) bond motifs is 5. The minimum absolute atomic E-state index is 0.0304. The third kappa shape index (κ3) is 8.57. The number of amides is 1. The second kappa shape index (κ2) is 17.4. The maximum atomic E-state index is 16.4. The predicted molar refractivity (Wildman–Crippen MR) is 246 cm³/mol. The van der Waals surface area contributed by atoms with Gasteiger partial charge in [-0.15, -0.1) is 5.54 Å². The molecular weight excluding hydrogens is 819 g/mol. The lowest BCUT2D eigenvalue weighted by atomic mass is 9.94. The molecule has 2 aromatic carbocycles. The monoisotopic (exact) mass is 882 g/mol. The van der Waals surface area contributed by atoms with Crippen LogP contribution in [0.3, 0.4) is 0 Å². The predicted octanol–water partition coefficient (Wildman–Crippen LogP) is 10.1. The van der Waals surface area contributed by atoms with Gasteiger partial charge in [0.1, 0.15) is 43.5 Å². The molecule has 4 saturated heterocycles. The van der Waals surface area contributed by atoms with E-state index in [2.05, 4.69) is 62.8 Å². The Labute approximate surface area is 372 Å². The van der Waals surface area contributed by atoms with Crippen LogP contribution in [0, 0.1) is 17.3 Å². The van der Waals surface area contributed by atoms with Crippen LogP contribution in [0.5, 0.6) is 11.8 Å². The first kappa shape index (κ1) is 45.0. The SMILES string of the molecule is COCOc1cc(-c2cnc3c(N4C[C@H]5CC[C@@H](C4)N5C(=O)OC(C)(C)C)nc(OC[C@@]45CCCN4C[C@H](F)C5)nc3c2)c2c(C#C[Si](C(C)C)(C(C)C)C(C)C)c(F)ccc2c1. The molecule has 4 aliphatic rings. The summed E-state index contributed by atoms with van der Waals surface area (Å²) < 4.78 is 54.9. The summed E-state index contributed by atoms with van der Waals surface area (Å²) in [5, 5.41) is 1.43. The zero-order chi connectivity index (χ0) is 45.0. The summed E-state index contributed by atoms with van der Waals surface area (Å²) in [5.41, 5.74) is 6.68. The van der Waals surface area contributed by atoms with E-state index in [9.17, 15) is 9.18 Å². The standard InChI is InChI=1S/C49H64F2N6O5Si/c1-30(2)63(31(3)4,32(5)6)19-16-39-41(51)15-12-33-20-38(61-29-59-10)22-40(43(33)39)34-21-42-44(52-24-34)45(54-46(53-42)60-28-49-17-11-18-56(49)25-35(50)23-49)55-26-36-13-14-37(27-55)57(36)47(58)62-48(7,8)9/h12,15,20-22,24,30-32,35-37H,11,13-14,17-18,23,25-29H2,1-10H3/t35-,36-,37+,49+/m1/s1. The van der Waals surface area contributed by atoms with Gasteiger partial charge in [0.15, 0.2) is 12.6 Å². The number of carbonyl (C=O) groups excluding carboxylic acids is 1. The maximum Gasteiger partial charge on any atom is 0.410 e. The topological polar surface area (TPSA) is 102 Å². The molecule has 0 aliphatic carbocycles. The maximum absolute atomic E-state index is 16.4. The number of rotatable bonds is 11. The Morgan fingerprint density at radius 1 is 0.984 bits per heavy atom. The number of alkyl halides is 1. The molecule has 1 amide bonds. The summed E-state index contributed by atoms with van der Waals surface area (Å²) in [7, 11) is -0.670. The molecule has 11 nitrogen and oxygen atoms in total. The molecule has 0 N–H and O–H groups in total. The van der Waals surface area contributed by atoms with Crippen LogP contribution in [0.15, 0.2) is 36.5 Å². The zero-order valence-corrected chi connectivity index (χ0v) is 39.7. The van der Waals surface area contributed by atoms with Crippen LogP contribution in [0.4, 0.5) is 19.4 Å². The van der Waals surface area contributed by atoms with Crippen molar-refractivity contribution in [3.05, 3.63) is 47.9 Å². The van der Waals surface area contributed by atoms with Crippen LogP contribution < -0.4 is 14.4 Å². The number of ether oxygens (including phenoxy) is 4. The van der Waals surface area contributed by atoms with E-state index in [1.165, 1.54) is 6.07 Å². The third-order valence-corrected chi connectivity index (χ3v) is 20.4. The molecule has 63 heavy (non-hydrogen) atoms. The first-order valence-corrected chi connectivity index (χ1v) is 25.0. The molecule has 0 unspecified atom stereocenters. The van der Waals surface area contributed by atoms with Crippen LogP contribution in [0.25, 0.3) is 32.9 Å². The largest absolute Gasteiger partial charge is 0.468 e. The van der Waals surface area contributed by atoms with E-state index in [4.69, 9.17) is 33.9 Å². The Kier molecular flexibility index (Phi) is 12.4. The molecule has 6 heterocycles. The van der Waals surface area contributed by atoms with Crippen LogP contribution in [-0.2, 0) is 9.47 Å². The number of hydrogen-bond acceptors (Lipinski definition) is 10. The second-order valence-corrected chi connectivity index (χ2v) is 25.7. The van der Waals surface area contributed by atoms with Gasteiger partial charge in [0, 0.05) is 50.3 Å². The highest BCUT2D eigenvalue weighted by Gasteiger charge is 2.50. The Balaban J connectivity index is 1.26. The first-order valence-electron chi connectivity index (χ1n) is 22.8. The average molecular weight is 883 g/mol. The van der Waals surface area contributed by atoms with E-state index >= 15 is 4.39 Å². The molecule has 2 bridgehead atoms. The van der Waals surface area contributed by atoms with E-state index in [1.54, 1.807) is 19.4 Å². The lowest BCUT2D eigenvalue weighted by Gasteiger charge is -2.41. The van der Waals surface area contributed by atoms with Crippen molar-refractivity contribution in [2.24, 2.45) is 0 Å². The van der Waals surface area contributed by atoms with Crippen LogP contribution in [0.2, 0.25) is 16.6 Å². The van der Waals surface area contributed by atoms with Crippen molar-refractivity contribution in [2.45, 2.75) is 140 Å². The summed E-state index contributed by atoms with van der Waals surface area (Å²) in [6.45, 7) is 21.8. The number of carbonyl (C=O) groups is 1. The van der Waals surface area contributed by atoms with Gasteiger partial charge in [-0.05, 0) is 105 Å². The fraction of sp³-hybridized carbons (Fsp3) is 0.592. The minimum atomic E-state index is -2.24. The summed E-state index contributed by atoms with van der Waals surface area (Å²) in [4.78, 5) is 34.8. The Morgan fingerprint density at radius 2 is 1.70 bits per heavy atom. The third-order valence-electron chi connectivity index (χ3n) is 14.1. The number of halogens is 2. The van der Waals surface area contributed by atoms with Crippen LogP contribution in [0.1, 0.15) is 100.0 Å². The molecule has 2 aromatic heterocycles. The smallest absolute Gasteiger partial charge is 0.410 e. The van der Waals surface area contributed by atoms with Gasteiger partial charge in [-0.25, -0.2) is 13.6 Å². The summed E-state index contributed by atoms with van der Waals surface area (Å²) in [6, 6.07) is 9.02. The highest BCUT2D eigenvalue weighted by Crippen LogP contribution is 2.44. The number of hydrogen-bond donors (Lipinski definition) is 0. The number of aromatic nitrogens is 3. The van der Waals surface area contributed by atoms with Crippen molar-refractivity contribution in [1.82, 2.24) is 24.8 Å².